The summed E-state index contributed by atoms with van der Waals surface area (Å²) in [6.45, 7) is 3.62. The molecule has 1 N–H and O–H groups in total. The van der Waals surface area contributed by atoms with Crippen molar-refractivity contribution in [3.8, 4) is 0 Å². The maximum Gasteiger partial charge on any atom is 0.266 e. The van der Waals surface area contributed by atoms with Gasteiger partial charge in [0, 0.05) is 12.6 Å². The number of amides is 1. The molecular formula is C11H16N2O3S. The van der Waals surface area contributed by atoms with Crippen molar-refractivity contribution in [2.24, 2.45) is 0 Å². The molecule has 5 nitrogen and oxygen atoms in total. The van der Waals surface area contributed by atoms with Crippen molar-refractivity contribution in [2.45, 2.75) is 13.8 Å². The molecule has 0 fully saturated rings. The van der Waals surface area contributed by atoms with Crippen molar-refractivity contribution in [3.63, 3.8) is 0 Å². The van der Waals surface area contributed by atoms with Gasteiger partial charge in [-0.05, 0) is 25.0 Å². The third kappa shape index (κ3) is 3.28. The molecule has 0 aliphatic carbocycles. The highest BCUT2D eigenvalue weighted by Gasteiger charge is 2.17. The second-order valence-electron chi connectivity index (χ2n) is 3.94. The highest BCUT2D eigenvalue weighted by Crippen LogP contribution is 2.13. The number of carbonyl (C=O) groups is 1. The fraction of sp³-hybridized carbons (Fsp3) is 0.364. The molecule has 1 aromatic rings. The Labute approximate surface area is 101 Å². The first kappa shape index (κ1) is 13.7. The molecule has 0 unspecified atom stereocenters. The summed E-state index contributed by atoms with van der Waals surface area (Å²) in [5, 5.41) is 0. The molecule has 0 aliphatic heterocycles. The molecule has 94 valence electrons. The Kier molecular flexibility index (Phi) is 3.90. The van der Waals surface area contributed by atoms with Crippen LogP contribution in [0.1, 0.15) is 21.5 Å². The summed E-state index contributed by atoms with van der Waals surface area (Å²) in [5.41, 5.74) is 4.45. The Morgan fingerprint density at radius 3 is 2.12 bits per heavy atom. The van der Waals surface area contributed by atoms with E-state index in [0.717, 1.165) is 21.8 Å². The van der Waals surface area contributed by atoms with Gasteiger partial charge in [0.25, 0.3) is 5.91 Å². The molecule has 0 heterocycles. The van der Waals surface area contributed by atoms with E-state index in [4.69, 9.17) is 0 Å². The summed E-state index contributed by atoms with van der Waals surface area (Å²) >= 11 is 0. The smallest absolute Gasteiger partial charge is 0.266 e. The number of sulfonamides is 1. The van der Waals surface area contributed by atoms with Gasteiger partial charge in [0.15, 0.2) is 0 Å². The zero-order valence-corrected chi connectivity index (χ0v) is 11.1. The highest BCUT2D eigenvalue weighted by atomic mass is 32.2. The molecule has 1 amide bonds. The molecule has 17 heavy (non-hydrogen) atoms. The van der Waals surface area contributed by atoms with E-state index in [1.807, 2.05) is 32.0 Å². The molecule has 1 aromatic carbocycles. The van der Waals surface area contributed by atoms with Gasteiger partial charge >= 0.3 is 0 Å². The average Bonchev–Trinajstić information content (AvgIpc) is 2.15. The van der Waals surface area contributed by atoms with E-state index in [9.17, 15) is 13.2 Å². The van der Waals surface area contributed by atoms with Crippen LogP contribution in [0.4, 0.5) is 0 Å². The summed E-state index contributed by atoms with van der Waals surface area (Å²) in [7, 11) is -2.14. The van der Waals surface area contributed by atoms with Crippen LogP contribution in [0.5, 0.6) is 0 Å². The summed E-state index contributed by atoms with van der Waals surface area (Å²) in [6, 6.07) is 5.46. The predicted molar refractivity (Wildman–Crippen MR) is 66.0 cm³/mol. The van der Waals surface area contributed by atoms with Gasteiger partial charge < -0.3 is 0 Å². The first-order chi connectivity index (χ1) is 7.73. The topological polar surface area (TPSA) is 66.5 Å². The summed E-state index contributed by atoms with van der Waals surface area (Å²) < 4.78 is 23.2. The van der Waals surface area contributed by atoms with E-state index >= 15 is 0 Å². The molecule has 0 spiro atoms. The summed E-state index contributed by atoms with van der Waals surface area (Å²) in [4.78, 5) is 11.9. The van der Waals surface area contributed by atoms with Crippen LogP contribution in [0.3, 0.4) is 0 Å². The van der Waals surface area contributed by atoms with E-state index in [2.05, 4.69) is 5.43 Å². The van der Waals surface area contributed by atoms with Crippen LogP contribution in [-0.2, 0) is 10.0 Å². The number of hydrogen-bond donors (Lipinski definition) is 1. The predicted octanol–water partition coefficient (Wildman–Crippen LogP) is 0.840. The van der Waals surface area contributed by atoms with Crippen LogP contribution in [0.15, 0.2) is 18.2 Å². The van der Waals surface area contributed by atoms with Crippen molar-refractivity contribution in [2.75, 3.05) is 13.3 Å². The lowest BCUT2D eigenvalue weighted by Gasteiger charge is -2.17. The molecule has 0 radical (unpaired) electrons. The number of hydrazine groups is 1. The van der Waals surface area contributed by atoms with Gasteiger partial charge in [0.05, 0.1) is 6.26 Å². The maximum absolute atomic E-state index is 11.9. The van der Waals surface area contributed by atoms with Crippen molar-refractivity contribution < 1.29 is 13.2 Å². The molecule has 0 saturated carbocycles. The fourth-order valence-electron chi connectivity index (χ4n) is 1.45. The standard InChI is InChI=1S/C11H16N2O3S/c1-8-6-5-7-9(2)10(8)11(14)12-13(3)17(4,15)16/h5-7H,1-4H3,(H,12,14). The largest absolute Gasteiger partial charge is 0.271 e. The van der Waals surface area contributed by atoms with Gasteiger partial charge in [-0.15, -0.1) is 4.41 Å². The van der Waals surface area contributed by atoms with Gasteiger partial charge in [-0.25, -0.2) is 8.42 Å². The number of nitrogens with one attached hydrogen (secondary N) is 1. The van der Waals surface area contributed by atoms with Gasteiger partial charge in [-0.1, -0.05) is 18.2 Å². The minimum atomic E-state index is -3.43. The molecule has 0 aromatic heterocycles. The van der Waals surface area contributed by atoms with Crippen molar-refractivity contribution in [1.29, 1.82) is 0 Å². The first-order valence-electron chi connectivity index (χ1n) is 5.04. The number of carbonyl (C=O) groups excluding carboxylic acids is 1. The third-order valence-corrected chi connectivity index (χ3v) is 3.55. The molecule has 0 aliphatic rings. The Bertz CT molecular complexity index is 517. The quantitative estimate of drug-likeness (QED) is 0.815. The zero-order chi connectivity index (χ0) is 13.2. The van der Waals surface area contributed by atoms with Crippen molar-refractivity contribution in [3.05, 3.63) is 34.9 Å². The number of benzene rings is 1. The number of nitrogens with zero attached hydrogens (tertiary/aromatic N) is 1. The minimum Gasteiger partial charge on any atom is -0.271 e. The third-order valence-electron chi connectivity index (χ3n) is 2.46. The Morgan fingerprint density at radius 2 is 1.71 bits per heavy atom. The van der Waals surface area contributed by atoms with E-state index in [1.54, 1.807) is 0 Å². The second kappa shape index (κ2) is 4.85. The van der Waals surface area contributed by atoms with Gasteiger partial charge in [0.2, 0.25) is 10.0 Å². The Morgan fingerprint density at radius 1 is 1.24 bits per heavy atom. The van der Waals surface area contributed by atoms with Crippen LogP contribution < -0.4 is 5.43 Å². The zero-order valence-electron chi connectivity index (χ0n) is 10.3. The summed E-state index contributed by atoms with van der Waals surface area (Å²) in [6.07, 6.45) is 1.03. The minimum absolute atomic E-state index is 0.423. The monoisotopic (exact) mass is 256 g/mol. The Balaban J connectivity index is 2.99. The number of hydrogen-bond acceptors (Lipinski definition) is 3. The lowest BCUT2D eigenvalue weighted by molar-refractivity contribution is 0.0892. The number of rotatable bonds is 3. The van der Waals surface area contributed by atoms with E-state index in [-0.39, 0.29) is 0 Å². The fourth-order valence-corrected chi connectivity index (χ4v) is 1.70. The van der Waals surface area contributed by atoms with Gasteiger partial charge in [-0.3, -0.25) is 10.2 Å². The summed E-state index contributed by atoms with van der Waals surface area (Å²) in [5.74, 6) is -0.423. The molecule has 6 heteroatoms. The highest BCUT2D eigenvalue weighted by molar-refractivity contribution is 7.88. The second-order valence-corrected chi connectivity index (χ2v) is 5.95. The molecular weight excluding hydrogens is 240 g/mol. The van der Waals surface area contributed by atoms with Crippen LogP contribution in [-0.4, -0.2) is 32.0 Å². The van der Waals surface area contributed by atoms with Gasteiger partial charge in [0.1, 0.15) is 0 Å². The normalized spacial score (nSPS) is 11.6. The van der Waals surface area contributed by atoms with E-state index in [1.165, 1.54) is 7.05 Å². The van der Waals surface area contributed by atoms with Crippen molar-refractivity contribution in [1.82, 2.24) is 9.84 Å². The molecule has 0 saturated heterocycles. The SMILES string of the molecule is Cc1cccc(C)c1C(=O)NN(C)S(C)(=O)=O. The van der Waals surface area contributed by atoms with Crippen molar-refractivity contribution >= 4 is 15.9 Å². The average molecular weight is 256 g/mol. The lowest BCUT2D eigenvalue weighted by Crippen LogP contribution is -2.43. The number of aryl methyl sites for hydroxylation is 2. The molecule has 0 bridgehead atoms. The van der Waals surface area contributed by atoms with Gasteiger partial charge in [-0.2, -0.15) is 0 Å². The van der Waals surface area contributed by atoms with Crippen LogP contribution in [0, 0.1) is 13.8 Å². The Hall–Kier alpha value is -1.40. The van der Waals surface area contributed by atoms with E-state index in [0.29, 0.717) is 5.56 Å². The van der Waals surface area contributed by atoms with E-state index < -0.39 is 15.9 Å². The van der Waals surface area contributed by atoms with Crippen LogP contribution in [0.25, 0.3) is 0 Å². The lowest BCUT2D eigenvalue weighted by atomic mass is 10.0. The maximum atomic E-state index is 11.9. The van der Waals surface area contributed by atoms with Crippen LogP contribution in [0.2, 0.25) is 0 Å². The first-order valence-corrected chi connectivity index (χ1v) is 6.89. The molecule has 1 rings (SSSR count). The van der Waals surface area contributed by atoms with Crippen LogP contribution >= 0.6 is 0 Å². The molecule has 0 atom stereocenters.